The normalized spacial score (nSPS) is 19.3. The summed E-state index contributed by atoms with van der Waals surface area (Å²) in [7, 11) is 0. The third-order valence-electron chi connectivity index (χ3n) is 5.30. The van der Waals surface area contributed by atoms with Gasteiger partial charge in [-0.2, -0.15) is 0 Å². The number of aromatic amines is 1. The molecule has 1 heterocycles. The minimum Gasteiger partial charge on any atom is -0.494 e. The Morgan fingerprint density at radius 2 is 2.00 bits per heavy atom. The van der Waals surface area contributed by atoms with Crippen molar-refractivity contribution in [1.29, 1.82) is 0 Å². The summed E-state index contributed by atoms with van der Waals surface area (Å²) in [6.07, 6.45) is 7.11. The zero-order valence-corrected chi connectivity index (χ0v) is 13.7. The van der Waals surface area contributed by atoms with Gasteiger partial charge in [-0.3, -0.25) is 4.79 Å². The van der Waals surface area contributed by atoms with Crippen LogP contribution in [0, 0.1) is 12.3 Å². The first-order valence-electron chi connectivity index (χ1n) is 8.23. The van der Waals surface area contributed by atoms with Crippen LogP contribution < -0.4 is 5.56 Å². The first-order valence-corrected chi connectivity index (χ1v) is 8.23. The zero-order chi connectivity index (χ0) is 15.9. The summed E-state index contributed by atoms with van der Waals surface area (Å²) < 4.78 is 5.46. The van der Waals surface area contributed by atoms with E-state index in [9.17, 15) is 4.79 Å². The van der Waals surface area contributed by atoms with E-state index < -0.39 is 0 Å². The first-order chi connectivity index (χ1) is 10.5. The molecule has 2 aliphatic rings. The molecule has 1 spiro atoms. The van der Waals surface area contributed by atoms with E-state index in [-0.39, 0.29) is 5.56 Å². The summed E-state index contributed by atoms with van der Waals surface area (Å²) in [5.74, 6) is 0.456. The lowest BCUT2D eigenvalue weighted by Crippen LogP contribution is -2.30. The Morgan fingerprint density at radius 1 is 1.32 bits per heavy atom. The fourth-order valence-corrected chi connectivity index (χ4v) is 4.43. The molecular weight excluding hydrogens is 274 g/mol. The molecule has 118 valence electrons. The standard InChI is InChI=1S/C19H25NO2/c1-5-22-14(4)17-13(3)16-12(2)10-19(8-6-7-9-19)11-15(16)20-18(17)21/h2,4-11H2,1,3H3,(H,20,21). The molecular formula is C19H25NO2. The number of hydrogen-bond acceptors (Lipinski definition) is 2. The van der Waals surface area contributed by atoms with Gasteiger partial charge in [-0.05, 0) is 56.1 Å². The minimum absolute atomic E-state index is 0.0856. The van der Waals surface area contributed by atoms with Gasteiger partial charge in [-0.15, -0.1) is 0 Å². The number of H-pyrrole nitrogens is 1. The molecule has 1 aromatic heterocycles. The maximum atomic E-state index is 12.5. The highest BCUT2D eigenvalue weighted by atomic mass is 16.5. The number of aromatic nitrogens is 1. The second-order valence-electron chi connectivity index (χ2n) is 6.83. The summed E-state index contributed by atoms with van der Waals surface area (Å²) in [5, 5.41) is 0. The molecule has 0 radical (unpaired) electrons. The largest absolute Gasteiger partial charge is 0.494 e. The number of nitrogens with one attached hydrogen (secondary N) is 1. The van der Waals surface area contributed by atoms with Gasteiger partial charge in [0.25, 0.3) is 5.56 Å². The lowest BCUT2D eigenvalue weighted by Gasteiger charge is -2.36. The Morgan fingerprint density at radius 3 is 2.64 bits per heavy atom. The highest BCUT2D eigenvalue weighted by Crippen LogP contribution is 2.51. The summed E-state index contributed by atoms with van der Waals surface area (Å²) in [6.45, 7) is 12.6. The number of fused-ring (bicyclic) bond motifs is 1. The van der Waals surface area contributed by atoms with Crippen molar-refractivity contribution in [3.63, 3.8) is 0 Å². The van der Waals surface area contributed by atoms with Crippen molar-refractivity contribution in [3.8, 4) is 0 Å². The fourth-order valence-electron chi connectivity index (χ4n) is 4.43. The number of hydrogen-bond donors (Lipinski definition) is 1. The van der Waals surface area contributed by atoms with Crippen molar-refractivity contribution in [2.24, 2.45) is 5.41 Å². The quantitative estimate of drug-likeness (QED) is 0.849. The molecule has 1 aromatic rings. The predicted molar refractivity (Wildman–Crippen MR) is 90.7 cm³/mol. The van der Waals surface area contributed by atoms with Gasteiger partial charge in [0.2, 0.25) is 0 Å². The molecule has 0 aliphatic heterocycles. The zero-order valence-electron chi connectivity index (χ0n) is 13.7. The maximum absolute atomic E-state index is 12.5. The summed E-state index contributed by atoms with van der Waals surface area (Å²) in [5.41, 5.74) is 5.14. The molecule has 0 unspecified atom stereocenters. The van der Waals surface area contributed by atoms with Crippen LogP contribution in [0.15, 0.2) is 18.0 Å². The molecule has 2 aliphatic carbocycles. The van der Waals surface area contributed by atoms with Gasteiger partial charge in [0, 0.05) is 11.3 Å². The summed E-state index contributed by atoms with van der Waals surface area (Å²) >= 11 is 0. The molecule has 1 N–H and O–H groups in total. The van der Waals surface area contributed by atoms with Crippen LogP contribution in [0.25, 0.3) is 11.3 Å². The molecule has 3 rings (SSSR count). The van der Waals surface area contributed by atoms with E-state index in [2.05, 4.69) is 18.1 Å². The van der Waals surface area contributed by atoms with Gasteiger partial charge < -0.3 is 9.72 Å². The molecule has 0 atom stereocenters. The van der Waals surface area contributed by atoms with Crippen LogP contribution in [-0.4, -0.2) is 11.6 Å². The maximum Gasteiger partial charge on any atom is 0.259 e. The summed E-state index contributed by atoms with van der Waals surface area (Å²) in [4.78, 5) is 15.6. The van der Waals surface area contributed by atoms with Crippen molar-refractivity contribution >= 4 is 11.3 Å². The SMILES string of the molecule is C=C1CC2(CCCC2)Cc2[nH]c(=O)c(C(=C)OCC)c(C)c21. The van der Waals surface area contributed by atoms with Crippen LogP contribution in [-0.2, 0) is 11.2 Å². The first kappa shape index (κ1) is 15.1. The van der Waals surface area contributed by atoms with E-state index >= 15 is 0 Å². The van der Waals surface area contributed by atoms with Crippen molar-refractivity contribution in [2.75, 3.05) is 6.61 Å². The number of pyridine rings is 1. The molecule has 0 bridgehead atoms. The van der Waals surface area contributed by atoms with Crippen molar-refractivity contribution in [1.82, 2.24) is 4.98 Å². The second kappa shape index (κ2) is 5.45. The van der Waals surface area contributed by atoms with Crippen molar-refractivity contribution in [3.05, 3.63) is 45.9 Å². The second-order valence-corrected chi connectivity index (χ2v) is 6.83. The Hall–Kier alpha value is -1.77. The molecule has 1 saturated carbocycles. The van der Waals surface area contributed by atoms with Crippen LogP contribution >= 0.6 is 0 Å². The topological polar surface area (TPSA) is 42.1 Å². The third-order valence-corrected chi connectivity index (χ3v) is 5.30. The minimum atomic E-state index is -0.0856. The van der Waals surface area contributed by atoms with Gasteiger partial charge in [0.05, 0.1) is 12.2 Å². The lowest BCUT2D eigenvalue weighted by molar-refractivity contribution is 0.290. The van der Waals surface area contributed by atoms with Crippen LogP contribution in [0.5, 0.6) is 0 Å². The van der Waals surface area contributed by atoms with Crippen LogP contribution in [0.2, 0.25) is 0 Å². The number of rotatable bonds is 3. The Bertz CT molecular complexity index is 690. The van der Waals surface area contributed by atoms with E-state index in [0.29, 0.717) is 23.3 Å². The predicted octanol–water partition coefficient (Wildman–Crippen LogP) is 4.21. The third kappa shape index (κ3) is 2.33. The Kier molecular flexibility index (Phi) is 3.75. The van der Waals surface area contributed by atoms with Crippen molar-refractivity contribution < 1.29 is 4.74 Å². The van der Waals surface area contributed by atoms with Gasteiger partial charge in [0.1, 0.15) is 5.76 Å². The fraction of sp³-hybridized carbons (Fsp3) is 0.526. The Balaban J connectivity index is 2.09. The van der Waals surface area contributed by atoms with Gasteiger partial charge >= 0.3 is 0 Å². The summed E-state index contributed by atoms with van der Waals surface area (Å²) in [6, 6.07) is 0. The molecule has 1 fully saturated rings. The van der Waals surface area contributed by atoms with E-state index in [1.165, 1.54) is 25.7 Å². The highest BCUT2D eigenvalue weighted by Gasteiger charge is 2.39. The monoisotopic (exact) mass is 299 g/mol. The van der Waals surface area contributed by atoms with Gasteiger partial charge in [-0.1, -0.05) is 26.0 Å². The van der Waals surface area contributed by atoms with Crippen LogP contribution in [0.1, 0.15) is 61.4 Å². The van der Waals surface area contributed by atoms with Crippen LogP contribution in [0.4, 0.5) is 0 Å². The van der Waals surface area contributed by atoms with E-state index in [4.69, 9.17) is 4.74 Å². The van der Waals surface area contributed by atoms with Gasteiger partial charge in [0.15, 0.2) is 0 Å². The molecule has 3 nitrogen and oxygen atoms in total. The lowest BCUT2D eigenvalue weighted by atomic mass is 9.69. The Labute approximate surface area is 132 Å². The van der Waals surface area contributed by atoms with Gasteiger partial charge in [-0.25, -0.2) is 0 Å². The molecule has 0 saturated heterocycles. The molecule has 0 aromatic carbocycles. The molecule has 22 heavy (non-hydrogen) atoms. The smallest absolute Gasteiger partial charge is 0.259 e. The van der Waals surface area contributed by atoms with Crippen molar-refractivity contribution in [2.45, 2.75) is 52.4 Å². The highest BCUT2D eigenvalue weighted by molar-refractivity contribution is 5.75. The van der Waals surface area contributed by atoms with E-state index in [1.807, 2.05) is 13.8 Å². The molecule has 0 amide bonds. The van der Waals surface area contributed by atoms with Crippen LogP contribution in [0.3, 0.4) is 0 Å². The average Bonchev–Trinajstić information content (AvgIpc) is 2.85. The molecule has 3 heteroatoms. The van der Waals surface area contributed by atoms with E-state index in [1.54, 1.807) is 0 Å². The van der Waals surface area contributed by atoms with E-state index in [0.717, 1.165) is 35.2 Å². The average molecular weight is 299 g/mol. The number of ether oxygens (including phenoxy) is 1. The number of allylic oxidation sites excluding steroid dienone is 1.